The third kappa shape index (κ3) is 1.78. The number of benzene rings is 1. The largest absolute Gasteiger partial charge is 0.618 e. The highest BCUT2D eigenvalue weighted by Gasteiger charge is 2.14. The van der Waals surface area contributed by atoms with E-state index < -0.39 is 0 Å². The van der Waals surface area contributed by atoms with E-state index in [9.17, 15) is 5.21 Å². The molecule has 76 valence electrons. The molecule has 0 saturated carbocycles. The van der Waals surface area contributed by atoms with Crippen LogP contribution in [-0.2, 0) is 0 Å². The molecule has 1 aromatic heterocycles. The smallest absolute Gasteiger partial charge is 0.242 e. The molecule has 0 fully saturated rings. The van der Waals surface area contributed by atoms with Crippen LogP contribution in [0.2, 0.25) is 5.15 Å². The van der Waals surface area contributed by atoms with Gasteiger partial charge in [0.15, 0.2) is 5.15 Å². The van der Waals surface area contributed by atoms with Gasteiger partial charge in [-0.1, -0.05) is 29.8 Å². The fourth-order valence-corrected chi connectivity index (χ4v) is 1.45. The monoisotopic (exact) mass is 220 g/mol. The minimum Gasteiger partial charge on any atom is -0.618 e. The molecule has 0 unspecified atom stereocenters. The molecule has 2 aromatic rings. The van der Waals surface area contributed by atoms with Crippen LogP contribution in [0.3, 0.4) is 0 Å². The molecule has 15 heavy (non-hydrogen) atoms. The zero-order valence-electron chi connectivity index (χ0n) is 8.14. The number of hydrogen-bond donors (Lipinski definition) is 0. The van der Waals surface area contributed by atoms with Crippen LogP contribution in [0.5, 0.6) is 0 Å². The summed E-state index contributed by atoms with van der Waals surface area (Å²) < 4.78 is 0.796. The van der Waals surface area contributed by atoms with Crippen molar-refractivity contribution < 1.29 is 4.73 Å². The fraction of sp³-hybridized carbons (Fsp3) is 0.0909. The first-order chi connectivity index (χ1) is 7.20. The highest BCUT2D eigenvalue weighted by atomic mass is 35.5. The van der Waals surface area contributed by atoms with Crippen molar-refractivity contribution in [2.24, 2.45) is 0 Å². The highest BCUT2D eigenvalue weighted by molar-refractivity contribution is 6.29. The van der Waals surface area contributed by atoms with Gasteiger partial charge in [0.25, 0.3) is 0 Å². The summed E-state index contributed by atoms with van der Waals surface area (Å²) in [6.07, 6.45) is 1.48. The molecule has 0 saturated heterocycles. The average molecular weight is 221 g/mol. The van der Waals surface area contributed by atoms with Crippen molar-refractivity contribution in [1.82, 2.24) is 4.98 Å². The lowest BCUT2D eigenvalue weighted by Crippen LogP contribution is -2.33. The molecule has 3 nitrogen and oxygen atoms in total. The highest BCUT2D eigenvalue weighted by Crippen LogP contribution is 2.16. The van der Waals surface area contributed by atoms with Crippen molar-refractivity contribution in [2.75, 3.05) is 0 Å². The van der Waals surface area contributed by atoms with Gasteiger partial charge in [0.1, 0.15) is 6.20 Å². The van der Waals surface area contributed by atoms with Gasteiger partial charge in [0, 0.05) is 12.5 Å². The number of aromatic nitrogens is 2. The Labute approximate surface area is 92.6 Å². The predicted molar refractivity (Wildman–Crippen MR) is 58.4 cm³/mol. The Morgan fingerprint density at radius 3 is 2.60 bits per heavy atom. The molecule has 0 atom stereocenters. The van der Waals surface area contributed by atoms with Crippen LogP contribution < -0.4 is 4.73 Å². The van der Waals surface area contributed by atoms with Crippen LogP contribution in [0, 0.1) is 12.1 Å². The zero-order valence-corrected chi connectivity index (χ0v) is 8.90. The summed E-state index contributed by atoms with van der Waals surface area (Å²) in [7, 11) is 0. The van der Waals surface area contributed by atoms with Gasteiger partial charge < -0.3 is 5.21 Å². The van der Waals surface area contributed by atoms with Gasteiger partial charge in [-0.3, -0.25) is 0 Å². The van der Waals surface area contributed by atoms with Gasteiger partial charge in [-0.25, -0.2) is 4.98 Å². The molecule has 0 aliphatic heterocycles. The Kier molecular flexibility index (Phi) is 2.56. The normalized spacial score (nSPS) is 10.3. The van der Waals surface area contributed by atoms with E-state index in [1.165, 1.54) is 6.20 Å². The summed E-state index contributed by atoms with van der Waals surface area (Å²) in [5.41, 5.74) is 1.76. The van der Waals surface area contributed by atoms with E-state index in [-0.39, 0.29) is 5.15 Å². The Morgan fingerprint density at radius 2 is 1.93 bits per heavy atom. The lowest BCUT2D eigenvalue weighted by atomic mass is 10.1. The van der Waals surface area contributed by atoms with E-state index in [1.807, 2.05) is 30.3 Å². The van der Waals surface area contributed by atoms with E-state index >= 15 is 0 Å². The summed E-state index contributed by atoms with van der Waals surface area (Å²) in [6.45, 7) is 1.65. The molecule has 0 amide bonds. The van der Waals surface area contributed by atoms with Gasteiger partial charge in [-0.05, 0) is 12.1 Å². The van der Waals surface area contributed by atoms with Crippen molar-refractivity contribution in [2.45, 2.75) is 6.92 Å². The molecule has 4 heteroatoms. The van der Waals surface area contributed by atoms with E-state index in [0.29, 0.717) is 11.4 Å². The Morgan fingerprint density at radius 1 is 1.27 bits per heavy atom. The second kappa shape index (κ2) is 3.87. The number of hydrogen-bond acceptors (Lipinski definition) is 2. The maximum absolute atomic E-state index is 11.8. The Balaban J connectivity index is 2.60. The van der Waals surface area contributed by atoms with E-state index in [0.717, 1.165) is 10.3 Å². The van der Waals surface area contributed by atoms with Crippen LogP contribution in [0.4, 0.5) is 0 Å². The second-order valence-electron chi connectivity index (χ2n) is 3.18. The summed E-state index contributed by atoms with van der Waals surface area (Å²) >= 11 is 5.74. The number of nitrogens with zero attached hydrogens (tertiary/aromatic N) is 2. The summed E-state index contributed by atoms with van der Waals surface area (Å²) in [6, 6.07) is 9.37. The molecule has 1 aromatic carbocycles. The minimum absolute atomic E-state index is 0.240. The number of halogens is 1. The SMILES string of the molecule is Cc1c(Cl)ncc(-c2ccccc2)[n+]1[O-]. The molecule has 0 aliphatic rings. The van der Waals surface area contributed by atoms with Gasteiger partial charge in [-0.2, -0.15) is 4.73 Å². The van der Waals surface area contributed by atoms with Crippen molar-refractivity contribution in [3.63, 3.8) is 0 Å². The molecule has 2 rings (SSSR count). The van der Waals surface area contributed by atoms with Crippen LogP contribution in [0.1, 0.15) is 5.69 Å². The third-order valence-corrected chi connectivity index (χ3v) is 2.56. The first-order valence-electron chi connectivity index (χ1n) is 4.50. The lowest BCUT2D eigenvalue weighted by molar-refractivity contribution is -0.601. The first-order valence-corrected chi connectivity index (χ1v) is 4.88. The maximum Gasteiger partial charge on any atom is 0.242 e. The van der Waals surface area contributed by atoms with Gasteiger partial charge in [0.2, 0.25) is 11.4 Å². The predicted octanol–water partition coefficient (Wildman–Crippen LogP) is 2.34. The van der Waals surface area contributed by atoms with Crippen molar-refractivity contribution in [1.29, 1.82) is 0 Å². The van der Waals surface area contributed by atoms with Crippen LogP contribution in [0.25, 0.3) is 11.3 Å². The Hall–Kier alpha value is -1.61. The molecule has 0 N–H and O–H groups in total. The second-order valence-corrected chi connectivity index (χ2v) is 3.54. The van der Waals surface area contributed by atoms with E-state index in [2.05, 4.69) is 4.98 Å². The van der Waals surface area contributed by atoms with Crippen LogP contribution in [0.15, 0.2) is 36.5 Å². The standard InChI is InChI=1S/C11H9ClN2O/c1-8-11(12)13-7-10(14(8)15)9-5-3-2-4-6-9/h2-7H,1H3. The molecular weight excluding hydrogens is 212 g/mol. The maximum atomic E-state index is 11.8. The summed E-state index contributed by atoms with van der Waals surface area (Å²) in [4.78, 5) is 3.96. The lowest BCUT2D eigenvalue weighted by Gasteiger charge is -2.06. The molecule has 1 heterocycles. The molecule has 0 spiro atoms. The van der Waals surface area contributed by atoms with E-state index in [1.54, 1.807) is 6.92 Å². The first kappa shape index (κ1) is 9.93. The van der Waals surface area contributed by atoms with Gasteiger partial charge in [-0.15, -0.1) is 0 Å². The van der Waals surface area contributed by atoms with Crippen LogP contribution >= 0.6 is 11.6 Å². The van der Waals surface area contributed by atoms with Crippen molar-refractivity contribution >= 4 is 11.6 Å². The minimum atomic E-state index is 0.240. The molecule has 0 aliphatic carbocycles. The molecular formula is C11H9ClN2O. The molecule has 0 bridgehead atoms. The topological polar surface area (TPSA) is 39.8 Å². The van der Waals surface area contributed by atoms with Crippen LogP contribution in [-0.4, -0.2) is 4.98 Å². The summed E-state index contributed by atoms with van der Waals surface area (Å²) in [5.74, 6) is 0. The van der Waals surface area contributed by atoms with Gasteiger partial charge in [0.05, 0.1) is 0 Å². The van der Waals surface area contributed by atoms with Crippen molar-refractivity contribution in [3.05, 3.63) is 52.6 Å². The third-order valence-electron chi connectivity index (χ3n) is 2.19. The van der Waals surface area contributed by atoms with Gasteiger partial charge >= 0.3 is 0 Å². The fourth-order valence-electron chi connectivity index (χ4n) is 1.33. The summed E-state index contributed by atoms with van der Waals surface area (Å²) in [5, 5.41) is 12.0. The molecule has 0 radical (unpaired) electrons. The van der Waals surface area contributed by atoms with Crippen molar-refractivity contribution in [3.8, 4) is 11.3 Å². The Bertz CT molecular complexity index is 485. The number of rotatable bonds is 1. The average Bonchev–Trinajstić information content (AvgIpc) is 2.27. The quantitative estimate of drug-likeness (QED) is 0.547. The van der Waals surface area contributed by atoms with E-state index in [4.69, 9.17) is 11.6 Å². The zero-order chi connectivity index (χ0) is 10.8.